The number of benzene rings is 2. The molecule has 1 N–H and O–H groups in total. The molecule has 25 heavy (non-hydrogen) atoms. The van der Waals surface area contributed by atoms with Crippen molar-refractivity contribution in [1.82, 2.24) is 10.2 Å². The van der Waals surface area contributed by atoms with Gasteiger partial charge in [-0.3, -0.25) is 4.90 Å². The van der Waals surface area contributed by atoms with E-state index in [1.807, 2.05) is 31.2 Å². The molecule has 0 aliphatic carbocycles. The Morgan fingerprint density at radius 2 is 1.60 bits per heavy atom. The third-order valence-electron chi connectivity index (χ3n) is 4.52. The van der Waals surface area contributed by atoms with E-state index in [2.05, 4.69) is 10.2 Å². The molecule has 1 heterocycles. The molecule has 3 rings (SSSR count). The molecule has 0 spiro atoms. The highest BCUT2D eigenvalue weighted by atomic mass is 35.5. The van der Waals surface area contributed by atoms with Crippen molar-refractivity contribution in [3.8, 4) is 0 Å². The van der Waals surface area contributed by atoms with Crippen molar-refractivity contribution < 1.29 is 13.2 Å². The number of hydrogen-bond donors (Lipinski definition) is 1. The van der Waals surface area contributed by atoms with Crippen molar-refractivity contribution in [3.05, 3.63) is 69.7 Å². The Kier molecular flexibility index (Phi) is 5.37. The lowest BCUT2D eigenvalue weighted by Gasteiger charge is -2.36. The van der Waals surface area contributed by atoms with Gasteiger partial charge in [0.25, 0.3) is 0 Å². The van der Waals surface area contributed by atoms with Crippen LogP contribution < -0.4 is 5.32 Å². The molecular formula is C19H20ClF3N2. The van der Waals surface area contributed by atoms with Gasteiger partial charge in [0.15, 0.2) is 0 Å². The van der Waals surface area contributed by atoms with E-state index in [0.29, 0.717) is 5.56 Å². The van der Waals surface area contributed by atoms with Gasteiger partial charge >= 0.3 is 6.18 Å². The molecule has 1 fully saturated rings. The van der Waals surface area contributed by atoms with E-state index in [9.17, 15) is 13.2 Å². The second-order valence-electron chi connectivity index (χ2n) is 6.34. The number of hydrogen-bond acceptors (Lipinski definition) is 2. The monoisotopic (exact) mass is 368 g/mol. The van der Waals surface area contributed by atoms with E-state index < -0.39 is 11.7 Å². The Bertz CT molecular complexity index is 722. The largest absolute Gasteiger partial charge is 0.417 e. The fourth-order valence-corrected chi connectivity index (χ4v) is 3.46. The first-order valence-corrected chi connectivity index (χ1v) is 8.62. The Labute approximate surface area is 150 Å². The van der Waals surface area contributed by atoms with Crippen molar-refractivity contribution in [2.45, 2.75) is 19.1 Å². The summed E-state index contributed by atoms with van der Waals surface area (Å²) in [6.45, 7) is 5.20. The third-order valence-corrected chi connectivity index (χ3v) is 4.85. The summed E-state index contributed by atoms with van der Waals surface area (Å²) < 4.78 is 39.8. The summed E-state index contributed by atoms with van der Waals surface area (Å²) in [6, 6.07) is 12.0. The first kappa shape index (κ1) is 18.2. The van der Waals surface area contributed by atoms with Crippen molar-refractivity contribution in [3.63, 3.8) is 0 Å². The second-order valence-corrected chi connectivity index (χ2v) is 6.74. The summed E-state index contributed by atoms with van der Waals surface area (Å²) in [5.74, 6) is 0. The number of nitrogens with zero attached hydrogens (tertiary/aromatic N) is 1. The maximum Gasteiger partial charge on any atom is 0.417 e. The van der Waals surface area contributed by atoms with Crippen LogP contribution in [0.5, 0.6) is 0 Å². The Hall–Kier alpha value is -1.56. The fraction of sp³-hybridized carbons (Fsp3) is 0.368. The zero-order valence-corrected chi connectivity index (χ0v) is 14.7. The van der Waals surface area contributed by atoms with Crippen LogP contribution in [0.4, 0.5) is 13.2 Å². The average Bonchev–Trinajstić information content (AvgIpc) is 2.58. The number of halogens is 4. The van der Waals surface area contributed by atoms with Gasteiger partial charge in [0.1, 0.15) is 0 Å². The molecule has 1 aliphatic rings. The number of nitrogens with one attached hydrogen (secondary N) is 1. The molecule has 1 atom stereocenters. The normalized spacial score (nSPS) is 17.5. The van der Waals surface area contributed by atoms with Crippen molar-refractivity contribution in [2.75, 3.05) is 26.2 Å². The van der Waals surface area contributed by atoms with Gasteiger partial charge in [-0.15, -0.1) is 0 Å². The third kappa shape index (κ3) is 4.17. The van der Waals surface area contributed by atoms with Crippen molar-refractivity contribution in [1.29, 1.82) is 0 Å². The molecule has 0 aromatic heterocycles. The van der Waals surface area contributed by atoms with Crippen molar-refractivity contribution in [2.24, 2.45) is 0 Å². The van der Waals surface area contributed by atoms with Crippen LogP contribution in [0.25, 0.3) is 0 Å². The smallest absolute Gasteiger partial charge is 0.314 e. The quantitative estimate of drug-likeness (QED) is 0.847. The van der Waals surface area contributed by atoms with Crippen LogP contribution in [0, 0.1) is 6.92 Å². The Morgan fingerprint density at radius 3 is 2.20 bits per heavy atom. The maximum absolute atomic E-state index is 13.3. The Balaban J connectivity index is 2.06. The van der Waals surface area contributed by atoms with E-state index in [-0.39, 0.29) is 11.1 Å². The lowest BCUT2D eigenvalue weighted by atomic mass is 9.94. The Morgan fingerprint density at radius 1 is 1.00 bits per heavy atom. The lowest BCUT2D eigenvalue weighted by molar-refractivity contribution is -0.137. The van der Waals surface area contributed by atoms with E-state index >= 15 is 0 Å². The predicted molar refractivity (Wildman–Crippen MR) is 93.9 cm³/mol. The first-order valence-electron chi connectivity index (χ1n) is 8.24. The summed E-state index contributed by atoms with van der Waals surface area (Å²) >= 11 is 5.79. The predicted octanol–water partition coefficient (Wildman–Crippen LogP) is 4.66. The molecule has 2 nitrogen and oxygen atoms in total. The molecule has 6 heteroatoms. The summed E-state index contributed by atoms with van der Waals surface area (Å²) in [6.07, 6.45) is -4.46. The SMILES string of the molecule is Cc1ccc(C(c2ccc(Cl)c(C(F)(F)F)c2)N2CCNCC2)cc1. The number of aryl methyl sites for hydroxylation is 1. The summed E-state index contributed by atoms with van der Waals surface area (Å²) in [5, 5.41) is 3.02. The summed E-state index contributed by atoms with van der Waals surface area (Å²) in [7, 11) is 0. The molecule has 1 unspecified atom stereocenters. The van der Waals surface area contributed by atoms with Crippen LogP contribution >= 0.6 is 11.6 Å². The van der Waals surface area contributed by atoms with Gasteiger partial charge in [-0.1, -0.05) is 47.5 Å². The van der Waals surface area contributed by atoms with E-state index in [1.54, 1.807) is 6.07 Å². The summed E-state index contributed by atoms with van der Waals surface area (Å²) in [5.41, 5.74) is 1.94. The number of piperazine rings is 1. The molecule has 0 saturated carbocycles. The van der Waals surface area contributed by atoms with Gasteiger partial charge in [-0.2, -0.15) is 13.2 Å². The highest BCUT2D eigenvalue weighted by Gasteiger charge is 2.34. The minimum atomic E-state index is -4.46. The average molecular weight is 369 g/mol. The van der Waals surface area contributed by atoms with Crippen LogP contribution in [0.15, 0.2) is 42.5 Å². The van der Waals surface area contributed by atoms with E-state index in [1.165, 1.54) is 12.1 Å². The number of alkyl halides is 3. The van der Waals surface area contributed by atoms with Crippen molar-refractivity contribution >= 4 is 11.6 Å². The molecule has 2 aromatic carbocycles. The summed E-state index contributed by atoms with van der Waals surface area (Å²) in [4.78, 5) is 2.21. The van der Waals surface area contributed by atoms with E-state index in [0.717, 1.165) is 37.3 Å². The zero-order valence-electron chi connectivity index (χ0n) is 13.9. The van der Waals surface area contributed by atoms with Gasteiger partial charge < -0.3 is 5.32 Å². The second kappa shape index (κ2) is 7.36. The molecule has 0 bridgehead atoms. The maximum atomic E-state index is 13.3. The zero-order chi connectivity index (χ0) is 18.0. The molecule has 0 amide bonds. The van der Waals surface area contributed by atoms with Gasteiger partial charge in [-0.05, 0) is 30.2 Å². The van der Waals surface area contributed by atoms with E-state index in [4.69, 9.17) is 11.6 Å². The van der Waals surface area contributed by atoms with Crippen LogP contribution in [-0.2, 0) is 6.18 Å². The van der Waals surface area contributed by atoms with Crippen LogP contribution in [0.3, 0.4) is 0 Å². The standard InChI is InChI=1S/C19H20ClF3N2/c1-13-2-4-14(5-3-13)18(25-10-8-24-9-11-25)15-6-7-17(20)16(12-15)19(21,22)23/h2-7,12,18,24H,8-11H2,1H3. The van der Waals surface area contributed by atoms with Crippen LogP contribution in [0.2, 0.25) is 5.02 Å². The highest BCUT2D eigenvalue weighted by molar-refractivity contribution is 6.31. The van der Waals surface area contributed by atoms with Crippen LogP contribution in [0.1, 0.15) is 28.3 Å². The minimum absolute atomic E-state index is 0.221. The van der Waals surface area contributed by atoms with Gasteiger partial charge in [0.05, 0.1) is 16.6 Å². The lowest BCUT2D eigenvalue weighted by Crippen LogP contribution is -2.45. The van der Waals surface area contributed by atoms with Crippen LogP contribution in [-0.4, -0.2) is 31.1 Å². The molecule has 1 saturated heterocycles. The molecule has 134 valence electrons. The van der Waals surface area contributed by atoms with Gasteiger partial charge in [0, 0.05) is 26.2 Å². The highest BCUT2D eigenvalue weighted by Crippen LogP contribution is 2.38. The molecular weight excluding hydrogens is 349 g/mol. The number of rotatable bonds is 3. The molecule has 1 aliphatic heterocycles. The van der Waals surface area contributed by atoms with Gasteiger partial charge in [0.2, 0.25) is 0 Å². The molecule has 2 aromatic rings. The topological polar surface area (TPSA) is 15.3 Å². The molecule has 0 radical (unpaired) electrons. The van der Waals surface area contributed by atoms with Gasteiger partial charge in [-0.25, -0.2) is 0 Å². The minimum Gasteiger partial charge on any atom is -0.314 e. The first-order chi connectivity index (χ1) is 11.9. The fourth-order valence-electron chi connectivity index (χ4n) is 3.23.